The lowest BCUT2D eigenvalue weighted by molar-refractivity contribution is 0.467. The van der Waals surface area contributed by atoms with E-state index in [9.17, 15) is 9.90 Å². The van der Waals surface area contributed by atoms with Gasteiger partial charge in [0, 0.05) is 11.9 Å². The maximum atomic E-state index is 12.2. The first-order valence-electron chi connectivity index (χ1n) is 6.74. The molecule has 3 aromatic rings. The van der Waals surface area contributed by atoms with E-state index >= 15 is 0 Å². The first-order valence-corrected chi connectivity index (χ1v) is 6.74. The molecular weight excluding hydrogens is 262 g/mol. The van der Waals surface area contributed by atoms with Crippen molar-refractivity contribution in [1.82, 2.24) is 4.98 Å². The summed E-state index contributed by atoms with van der Waals surface area (Å²) in [5.41, 5.74) is 3.82. The van der Waals surface area contributed by atoms with Gasteiger partial charge in [-0.25, -0.2) is 0 Å². The Morgan fingerprint density at radius 2 is 1.57 bits per heavy atom. The van der Waals surface area contributed by atoms with Crippen molar-refractivity contribution in [2.45, 2.75) is 6.92 Å². The molecule has 2 N–H and O–H groups in total. The number of benzene rings is 2. The summed E-state index contributed by atoms with van der Waals surface area (Å²) in [6.07, 6.45) is 1.32. The van der Waals surface area contributed by atoms with Crippen LogP contribution in [0.5, 0.6) is 5.75 Å². The summed E-state index contributed by atoms with van der Waals surface area (Å²) in [7, 11) is 0. The molecule has 0 spiro atoms. The molecule has 0 aliphatic rings. The first kappa shape index (κ1) is 13.2. The summed E-state index contributed by atoms with van der Waals surface area (Å²) in [5.74, 6) is -0.263. The van der Waals surface area contributed by atoms with Crippen LogP contribution in [-0.4, -0.2) is 10.1 Å². The van der Waals surface area contributed by atoms with Gasteiger partial charge in [0.2, 0.25) is 5.43 Å². The summed E-state index contributed by atoms with van der Waals surface area (Å²) < 4.78 is 0. The van der Waals surface area contributed by atoms with Crippen LogP contribution < -0.4 is 5.43 Å². The molecule has 0 saturated carbocycles. The van der Waals surface area contributed by atoms with Crippen molar-refractivity contribution in [3.05, 3.63) is 76.7 Å². The fourth-order valence-corrected chi connectivity index (χ4v) is 2.45. The van der Waals surface area contributed by atoms with Gasteiger partial charge in [0.05, 0.1) is 5.56 Å². The molecular formula is C18H15NO2. The Morgan fingerprint density at radius 3 is 2.33 bits per heavy atom. The first-order chi connectivity index (χ1) is 10.2. The third-order valence-electron chi connectivity index (χ3n) is 3.52. The van der Waals surface area contributed by atoms with Gasteiger partial charge >= 0.3 is 0 Å². The van der Waals surface area contributed by atoms with Gasteiger partial charge in [0.25, 0.3) is 0 Å². The predicted octanol–water partition coefficient (Wildman–Crippen LogP) is 3.72. The number of hydrogen-bond donors (Lipinski definition) is 2. The highest BCUT2D eigenvalue weighted by Gasteiger charge is 2.11. The van der Waals surface area contributed by atoms with Gasteiger partial charge in [-0.05, 0) is 29.7 Å². The van der Waals surface area contributed by atoms with Crippen molar-refractivity contribution in [1.29, 1.82) is 0 Å². The molecule has 2 aromatic carbocycles. The molecule has 0 aliphatic heterocycles. The molecule has 0 amide bonds. The number of aromatic amines is 1. The van der Waals surface area contributed by atoms with Gasteiger partial charge < -0.3 is 10.1 Å². The Bertz CT molecular complexity index is 835. The number of rotatable bonds is 2. The zero-order chi connectivity index (χ0) is 14.8. The lowest BCUT2D eigenvalue weighted by Crippen LogP contribution is -2.07. The van der Waals surface area contributed by atoms with Gasteiger partial charge in [0.15, 0.2) is 5.75 Å². The van der Waals surface area contributed by atoms with Crippen LogP contribution in [0.2, 0.25) is 0 Å². The van der Waals surface area contributed by atoms with Crippen molar-refractivity contribution in [3.63, 3.8) is 0 Å². The van der Waals surface area contributed by atoms with Crippen LogP contribution in [0.25, 0.3) is 22.3 Å². The fraction of sp³-hybridized carbons (Fsp3) is 0.0556. The summed E-state index contributed by atoms with van der Waals surface area (Å²) >= 11 is 0. The molecule has 0 atom stereocenters. The molecule has 0 bridgehead atoms. The van der Waals surface area contributed by atoms with E-state index in [2.05, 4.69) is 4.98 Å². The van der Waals surface area contributed by atoms with E-state index in [1.165, 1.54) is 6.20 Å². The van der Waals surface area contributed by atoms with E-state index in [0.29, 0.717) is 5.56 Å². The largest absolute Gasteiger partial charge is 0.503 e. The smallest absolute Gasteiger partial charge is 0.231 e. The van der Waals surface area contributed by atoms with Crippen molar-refractivity contribution < 1.29 is 5.11 Å². The fourth-order valence-electron chi connectivity index (χ4n) is 2.45. The molecule has 0 saturated heterocycles. The van der Waals surface area contributed by atoms with Crippen LogP contribution >= 0.6 is 0 Å². The van der Waals surface area contributed by atoms with E-state index in [0.717, 1.165) is 22.4 Å². The third-order valence-corrected chi connectivity index (χ3v) is 3.52. The molecule has 104 valence electrons. The summed E-state index contributed by atoms with van der Waals surface area (Å²) in [6.45, 7) is 1.82. The van der Waals surface area contributed by atoms with E-state index in [-0.39, 0.29) is 11.2 Å². The average molecular weight is 277 g/mol. The van der Waals surface area contributed by atoms with Gasteiger partial charge in [-0.1, -0.05) is 48.5 Å². The van der Waals surface area contributed by atoms with E-state index in [1.807, 2.05) is 61.5 Å². The van der Waals surface area contributed by atoms with Crippen molar-refractivity contribution in [2.75, 3.05) is 0 Å². The van der Waals surface area contributed by atoms with E-state index in [4.69, 9.17) is 0 Å². The minimum Gasteiger partial charge on any atom is -0.503 e. The third kappa shape index (κ3) is 2.46. The Kier molecular flexibility index (Phi) is 3.32. The monoisotopic (exact) mass is 277 g/mol. The second-order valence-corrected chi connectivity index (χ2v) is 4.95. The number of aromatic nitrogens is 1. The van der Waals surface area contributed by atoms with Gasteiger partial charge in [0.1, 0.15) is 0 Å². The maximum Gasteiger partial charge on any atom is 0.231 e. The van der Waals surface area contributed by atoms with Crippen LogP contribution in [0.1, 0.15) is 5.69 Å². The lowest BCUT2D eigenvalue weighted by atomic mass is 9.98. The summed E-state index contributed by atoms with van der Waals surface area (Å²) in [4.78, 5) is 15.1. The van der Waals surface area contributed by atoms with Crippen molar-refractivity contribution in [3.8, 4) is 28.0 Å². The Morgan fingerprint density at radius 1 is 0.905 bits per heavy atom. The summed E-state index contributed by atoms with van der Waals surface area (Å²) in [6, 6.07) is 17.7. The summed E-state index contributed by atoms with van der Waals surface area (Å²) in [5, 5.41) is 9.63. The minimum atomic E-state index is -0.350. The van der Waals surface area contributed by atoms with E-state index < -0.39 is 0 Å². The highest BCUT2D eigenvalue weighted by atomic mass is 16.3. The average Bonchev–Trinajstić information content (AvgIpc) is 2.53. The molecule has 0 fully saturated rings. The number of nitrogens with one attached hydrogen (secondary N) is 1. The van der Waals surface area contributed by atoms with Crippen LogP contribution in [0.15, 0.2) is 65.6 Å². The number of H-pyrrole nitrogens is 1. The van der Waals surface area contributed by atoms with Gasteiger partial charge in [-0.3, -0.25) is 4.79 Å². The molecule has 3 heteroatoms. The van der Waals surface area contributed by atoms with Crippen molar-refractivity contribution >= 4 is 0 Å². The molecule has 3 rings (SSSR count). The Hall–Kier alpha value is -2.81. The van der Waals surface area contributed by atoms with E-state index in [1.54, 1.807) is 0 Å². The highest BCUT2D eigenvalue weighted by Crippen LogP contribution is 2.26. The molecule has 21 heavy (non-hydrogen) atoms. The number of pyridine rings is 1. The van der Waals surface area contributed by atoms with Crippen LogP contribution in [0, 0.1) is 6.92 Å². The quantitative estimate of drug-likeness (QED) is 0.750. The molecule has 0 unspecified atom stereocenters. The number of aryl methyl sites for hydroxylation is 1. The number of aromatic hydroxyl groups is 1. The predicted molar refractivity (Wildman–Crippen MR) is 84.3 cm³/mol. The zero-order valence-electron chi connectivity index (χ0n) is 11.6. The van der Waals surface area contributed by atoms with Gasteiger partial charge in [-0.2, -0.15) is 0 Å². The lowest BCUT2D eigenvalue weighted by Gasteiger charge is -2.08. The molecule has 1 heterocycles. The van der Waals surface area contributed by atoms with Crippen LogP contribution in [0.4, 0.5) is 0 Å². The molecule has 1 aromatic heterocycles. The second kappa shape index (κ2) is 5.29. The normalized spacial score (nSPS) is 10.5. The Labute approximate surface area is 122 Å². The SMILES string of the molecule is Cc1[nH]cc(O)c(=O)c1-c1cccc(-c2ccccc2)c1. The van der Waals surface area contributed by atoms with Crippen molar-refractivity contribution in [2.24, 2.45) is 0 Å². The number of hydrogen-bond acceptors (Lipinski definition) is 2. The standard InChI is InChI=1S/C18H15NO2/c1-12-17(18(21)16(20)11-19-12)15-9-5-8-14(10-15)13-6-3-2-4-7-13/h2-11,20H,1H3,(H,19,21). The molecule has 0 radical (unpaired) electrons. The topological polar surface area (TPSA) is 53.1 Å². The molecule has 0 aliphatic carbocycles. The second-order valence-electron chi connectivity index (χ2n) is 4.95. The van der Waals surface area contributed by atoms with Gasteiger partial charge in [-0.15, -0.1) is 0 Å². The minimum absolute atomic E-state index is 0.263. The van der Waals surface area contributed by atoms with Crippen LogP contribution in [0.3, 0.4) is 0 Å². The zero-order valence-corrected chi connectivity index (χ0v) is 11.6. The molecule has 3 nitrogen and oxygen atoms in total. The Balaban J connectivity index is 2.18. The maximum absolute atomic E-state index is 12.2. The highest BCUT2D eigenvalue weighted by molar-refractivity contribution is 5.74. The van der Waals surface area contributed by atoms with Crippen LogP contribution in [-0.2, 0) is 0 Å².